The Morgan fingerprint density at radius 3 is 2.86 bits per heavy atom. The minimum atomic E-state index is -0.00980. The molecule has 0 aliphatic heterocycles. The third kappa shape index (κ3) is 1.37. The van der Waals surface area contributed by atoms with Crippen molar-refractivity contribution in [2.24, 2.45) is 0 Å². The molecule has 3 heteroatoms. The number of rotatable bonds is 1. The lowest BCUT2D eigenvalue weighted by Crippen LogP contribution is -1.91. The maximum absolute atomic E-state index is 9.13. The molecule has 0 radical (unpaired) electrons. The molecule has 1 N–H and O–H groups in total. The molecule has 72 valence electrons. The molecule has 2 nitrogen and oxygen atoms in total. The molecule has 0 fully saturated rings. The first-order valence-electron chi connectivity index (χ1n) is 4.37. The Kier molecular flexibility index (Phi) is 2.40. The van der Waals surface area contributed by atoms with Crippen LogP contribution in [0.25, 0.3) is 10.9 Å². The summed E-state index contributed by atoms with van der Waals surface area (Å²) in [5.41, 5.74) is 2.68. The van der Waals surface area contributed by atoms with Crippen molar-refractivity contribution < 1.29 is 5.11 Å². The summed E-state index contributed by atoms with van der Waals surface area (Å²) in [4.78, 5) is 4.23. The number of halogens is 1. The van der Waals surface area contributed by atoms with E-state index in [0.717, 1.165) is 22.0 Å². The van der Waals surface area contributed by atoms with E-state index in [1.165, 1.54) is 0 Å². The van der Waals surface area contributed by atoms with E-state index in [2.05, 4.69) is 4.98 Å². The minimum Gasteiger partial charge on any atom is -0.392 e. The number of pyridine rings is 1. The Bertz CT molecular complexity index is 474. The van der Waals surface area contributed by atoms with Crippen LogP contribution in [0.3, 0.4) is 0 Å². The van der Waals surface area contributed by atoms with Gasteiger partial charge in [0.05, 0.1) is 17.1 Å². The molecule has 2 rings (SSSR count). The summed E-state index contributed by atoms with van der Waals surface area (Å²) in [5.74, 6) is 0. The largest absolute Gasteiger partial charge is 0.392 e. The fourth-order valence-electron chi connectivity index (χ4n) is 1.57. The molecule has 0 spiro atoms. The minimum absolute atomic E-state index is 0.00980. The average Bonchev–Trinajstić information content (AvgIpc) is 2.18. The number of hydrogen-bond acceptors (Lipinski definition) is 2. The molecule has 1 heterocycles. The van der Waals surface area contributed by atoms with Crippen molar-refractivity contribution in [1.82, 2.24) is 4.98 Å². The van der Waals surface area contributed by atoms with Crippen molar-refractivity contribution in [3.8, 4) is 0 Å². The number of aliphatic hydroxyl groups is 1. The third-order valence-corrected chi connectivity index (χ3v) is 2.62. The van der Waals surface area contributed by atoms with Crippen molar-refractivity contribution in [2.75, 3.05) is 0 Å². The van der Waals surface area contributed by atoms with Crippen molar-refractivity contribution in [1.29, 1.82) is 0 Å². The second-order valence-electron chi connectivity index (χ2n) is 3.22. The van der Waals surface area contributed by atoms with Gasteiger partial charge in [-0.15, -0.1) is 0 Å². The highest BCUT2D eigenvalue weighted by molar-refractivity contribution is 6.35. The topological polar surface area (TPSA) is 33.1 Å². The molecule has 14 heavy (non-hydrogen) atoms. The van der Waals surface area contributed by atoms with Gasteiger partial charge in [-0.3, -0.25) is 4.98 Å². The highest BCUT2D eigenvalue weighted by Gasteiger charge is 2.06. The lowest BCUT2D eigenvalue weighted by Gasteiger charge is -2.06. The van der Waals surface area contributed by atoms with E-state index in [1.807, 2.05) is 13.0 Å². The molecule has 0 bridgehead atoms. The molecule has 1 aromatic carbocycles. The second kappa shape index (κ2) is 3.56. The number of benzene rings is 1. The first-order valence-corrected chi connectivity index (χ1v) is 4.75. The van der Waals surface area contributed by atoms with Gasteiger partial charge in [-0.05, 0) is 24.6 Å². The van der Waals surface area contributed by atoms with Gasteiger partial charge in [0.25, 0.3) is 0 Å². The quantitative estimate of drug-likeness (QED) is 0.780. The fourth-order valence-corrected chi connectivity index (χ4v) is 1.87. The van der Waals surface area contributed by atoms with Gasteiger partial charge in [-0.25, -0.2) is 0 Å². The number of hydrogen-bond donors (Lipinski definition) is 1. The number of fused-ring (bicyclic) bond motifs is 1. The normalized spacial score (nSPS) is 10.8. The lowest BCUT2D eigenvalue weighted by atomic mass is 10.1. The average molecular weight is 208 g/mol. The Morgan fingerprint density at radius 1 is 1.36 bits per heavy atom. The van der Waals surface area contributed by atoms with Gasteiger partial charge in [-0.2, -0.15) is 0 Å². The van der Waals surface area contributed by atoms with Crippen LogP contribution in [0.1, 0.15) is 11.1 Å². The van der Waals surface area contributed by atoms with Gasteiger partial charge >= 0.3 is 0 Å². The molecule has 1 aromatic heterocycles. The Balaban J connectivity index is 2.91. The van der Waals surface area contributed by atoms with E-state index in [4.69, 9.17) is 16.7 Å². The first kappa shape index (κ1) is 9.44. The SMILES string of the molecule is Cc1ccnc2c(CO)ccc(Cl)c12. The predicted octanol–water partition coefficient (Wildman–Crippen LogP) is 2.69. The Labute approximate surface area is 87.2 Å². The molecule has 0 saturated carbocycles. The molecular formula is C11H10ClNO. The third-order valence-electron chi connectivity index (χ3n) is 2.30. The van der Waals surface area contributed by atoms with E-state index in [1.54, 1.807) is 18.3 Å². The maximum atomic E-state index is 9.13. The zero-order valence-electron chi connectivity index (χ0n) is 7.79. The molecule has 2 aromatic rings. The zero-order chi connectivity index (χ0) is 10.1. The molecule has 0 aliphatic carbocycles. The number of aryl methyl sites for hydroxylation is 1. The van der Waals surface area contributed by atoms with Crippen LogP contribution in [-0.4, -0.2) is 10.1 Å². The van der Waals surface area contributed by atoms with E-state index in [9.17, 15) is 0 Å². The highest BCUT2D eigenvalue weighted by Crippen LogP contribution is 2.27. The van der Waals surface area contributed by atoms with E-state index < -0.39 is 0 Å². The zero-order valence-corrected chi connectivity index (χ0v) is 8.54. The summed E-state index contributed by atoms with van der Waals surface area (Å²) in [6.45, 7) is 1.97. The van der Waals surface area contributed by atoms with E-state index in [0.29, 0.717) is 5.02 Å². The summed E-state index contributed by atoms with van der Waals surface area (Å²) in [6.07, 6.45) is 1.73. The standard InChI is InChI=1S/C11H10ClNO/c1-7-4-5-13-11-8(6-14)2-3-9(12)10(7)11/h2-5,14H,6H2,1H3. The summed E-state index contributed by atoms with van der Waals surface area (Å²) >= 11 is 6.07. The molecule has 0 atom stereocenters. The van der Waals surface area contributed by atoms with Crippen molar-refractivity contribution in [3.63, 3.8) is 0 Å². The van der Waals surface area contributed by atoms with Crippen molar-refractivity contribution >= 4 is 22.5 Å². The van der Waals surface area contributed by atoms with E-state index in [-0.39, 0.29) is 6.61 Å². The van der Waals surface area contributed by atoms with E-state index >= 15 is 0 Å². The second-order valence-corrected chi connectivity index (χ2v) is 3.62. The summed E-state index contributed by atoms with van der Waals surface area (Å²) < 4.78 is 0. The Morgan fingerprint density at radius 2 is 2.14 bits per heavy atom. The highest BCUT2D eigenvalue weighted by atomic mass is 35.5. The van der Waals surface area contributed by atoms with Crippen LogP contribution >= 0.6 is 11.6 Å². The number of nitrogens with zero attached hydrogens (tertiary/aromatic N) is 1. The lowest BCUT2D eigenvalue weighted by molar-refractivity contribution is 0.283. The predicted molar refractivity (Wildman–Crippen MR) is 57.4 cm³/mol. The first-order chi connectivity index (χ1) is 6.74. The van der Waals surface area contributed by atoms with Crippen LogP contribution in [0.15, 0.2) is 24.4 Å². The fraction of sp³-hybridized carbons (Fsp3) is 0.182. The van der Waals surface area contributed by atoms with Crippen LogP contribution in [0.4, 0.5) is 0 Å². The number of aromatic nitrogens is 1. The summed E-state index contributed by atoms with van der Waals surface area (Å²) in [7, 11) is 0. The smallest absolute Gasteiger partial charge is 0.0774 e. The van der Waals surface area contributed by atoms with Crippen LogP contribution in [0.2, 0.25) is 5.02 Å². The van der Waals surface area contributed by atoms with Gasteiger partial charge in [0.15, 0.2) is 0 Å². The van der Waals surface area contributed by atoms with Gasteiger partial charge in [0.1, 0.15) is 0 Å². The van der Waals surface area contributed by atoms with Crippen LogP contribution < -0.4 is 0 Å². The van der Waals surface area contributed by atoms with Crippen molar-refractivity contribution in [3.05, 3.63) is 40.5 Å². The van der Waals surface area contributed by atoms with Gasteiger partial charge < -0.3 is 5.11 Å². The van der Waals surface area contributed by atoms with Crippen LogP contribution in [-0.2, 0) is 6.61 Å². The molecule has 0 amide bonds. The summed E-state index contributed by atoms with van der Waals surface area (Å²) in [5, 5.41) is 10.7. The monoisotopic (exact) mass is 207 g/mol. The van der Waals surface area contributed by atoms with Gasteiger partial charge in [-0.1, -0.05) is 17.7 Å². The summed E-state index contributed by atoms with van der Waals surface area (Å²) in [6, 6.07) is 5.51. The molecule has 0 aliphatic rings. The van der Waals surface area contributed by atoms with Gasteiger partial charge in [0, 0.05) is 17.1 Å². The molecular weight excluding hydrogens is 198 g/mol. The molecule has 0 saturated heterocycles. The number of aliphatic hydroxyl groups excluding tert-OH is 1. The van der Waals surface area contributed by atoms with Gasteiger partial charge in [0.2, 0.25) is 0 Å². The Hall–Kier alpha value is -1.12. The molecule has 0 unspecified atom stereocenters. The van der Waals surface area contributed by atoms with Crippen LogP contribution in [0, 0.1) is 6.92 Å². The maximum Gasteiger partial charge on any atom is 0.0774 e. The van der Waals surface area contributed by atoms with Crippen LogP contribution in [0.5, 0.6) is 0 Å². The van der Waals surface area contributed by atoms with Crippen molar-refractivity contribution in [2.45, 2.75) is 13.5 Å².